The number of pyridine rings is 1. The van der Waals surface area contributed by atoms with E-state index in [0.29, 0.717) is 11.8 Å². The molecule has 1 aromatic carbocycles. The van der Waals surface area contributed by atoms with Gasteiger partial charge in [-0.2, -0.15) is 0 Å². The van der Waals surface area contributed by atoms with Crippen LogP contribution < -0.4 is 4.74 Å². The molecule has 0 bridgehead atoms. The standard InChI is InChI=1S/C17H18ClNO/c1-12-8-13(11-18)9-17(19-12)20-16-7-6-14-4-2-3-5-15(14)10-16/h6-10H,2-5,11H2,1H3. The van der Waals surface area contributed by atoms with Gasteiger partial charge in [0.05, 0.1) is 0 Å². The zero-order chi connectivity index (χ0) is 13.9. The third-order valence-electron chi connectivity index (χ3n) is 3.69. The molecule has 1 aromatic heterocycles. The minimum Gasteiger partial charge on any atom is -0.439 e. The van der Waals surface area contributed by atoms with Gasteiger partial charge in [0.15, 0.2) is 0 Å². The molecular formula is C17H18ClNO. The lowest BCUT2D eigenvalue weighted by Gasteiger charge is -2.16. The van der Waals surface area contributed by atoms with E-state index >= 15 is 0 Å². The van der Waals surface area contributed by atoms with Gasteiger partial charge >= 0.3 is 0 Å². The highest BCUT2D eigenvalue weighted by Crippen LogP contribution is 2.28. The third kappa shape index (κ3) is 2.96. The van der Waals surface area contributed by atoms with Crippen LogP contribution in [0.25, 0.3) is 0 Å². The van der Waals surface area contributed by atoms with Crippen molar-refractivity contribution in [2.24, 2.45) is 0 Å². The van der Waals surface area contributed by atoms with Gasteiger partial charge in [0.2, 0.25) is 5.88 Å². The van der Waals surface area contributed by atoms with Crippen molar-refractivity contribution in [2.45, 2.75) is 38.5 Å². The Kier molecular flexibility index (Phi) is 3.93. The Hall–Kier alpha value is -1.54. The van der Waals surface area contributed by atoms with E-state index in [9.17, 15) is 0 Å². The fourth-order valence-corrected chi connectivity index (χ4v) is 2.88. The predicted octanol–water partition coefficient (Wildman–Crippen LogP) is 4.80. The fraction of sp³-hybridized carbons (Fsp3) is 0.353. The Morgan fingerprint density at radius 3 is 2.70 bits per heavy atom. The van der Waals surface area contributed by atoms with Crippen LogP contribution in [0.2, 0.25) is 0 Å². The van der Waals surface area contributed by atoms with Crippen LogP contribution in [0.3, 0.4) is 0 Å². The van der Waals surface area contributed by atoms with Gasteiger partial charge < -0.3 is 4.74 Å². The molecule has 3 rings (SSSR count). The molecule has 0 saturated carbocycles. The summed E-state index contributed by atoms with van der Waals surface area (Å²) in [5, 5.41) is 0. The maximum Gasteiger partial charge on any atom is 0.219 e. The minimum atomic E-state index is 0.476. The number of hydrogen-bond donors (Lipinski definition) is 0. The van der Waals surface area contributed by atoms with Crippen molar-refractivity contribution < 1.29 is 4.74 Å². The molecule has 20 heavy (non-hydrogen) atoms. The van der Waals surface area contributed by atoms with Gasteiger partial charge in [-0.1, -0.05) is 6.07 Å². The molecule has 104 valence electrons. The first-order valence-corrected chi connectivity index (χ1v) is 7.61. The smallest absolute Gasteiger partial charge is 0.219 e. The second kappa shape index (κ2) is 5.84. The first-order valence-electron chi connectivity index (χ1n) is 7.08. The van der Waals surface area contributed by atoms with Gasteiger partial charge in [-0.05, 0) is 67.5 Å². The molecular weight excluding hydrogens is 270 g/mol. The number of ether oxygens (including phenoxy) is 1. The zero-order valence-corrected chi connectivity index (χ0v) is 12.4. The monoisotopic (exact) mass is 287 g/mol. The second-order valence-corrected chi connectivity index (χ2v) is 5.60. The molecule has 0 saturated heterocycles. The van der Waals surface area contributed by atoms with Gasteiger partial charge in [-0.3, -0.25) is 0 Å². The number of nitrogens with zero attached hydrogens (tertiary/aromatic N) is 1. The van der Waals surface area contributed by atoms with Crippen LogP contribution in [-0.2, 0) is 18.7 Å². The molecule has 3 heteroatoms. The molecule has 2 nitrogen and oxygen atoms in total. The number of hydrogen-bond acceptors (Lipinski definition) is 2. The van der Waals surface area contributed by atoms with Gasteiger partial charge in [0.25, 0.3) is 0 Å². The second-order valence-electron chi connectivity index (χ2n) is 5.33. The number of aryl methyl sites for hydroxylation is 3. The average molecular weight is 288 g/mol. The van der Waals surface area contributed by atoms with Crippen LogP contribution in [0.4, 0.5) is 0 Å². The molecule has 0 atom stereocenters. The van der Waals surface area contributed by atoms with Gasteiger partial charge in [-0.15, -0.1) is 11.6 Å². The van der Waals surface area contributed by atoms with Crippen LogP contribution in [0.5, 0.6) is 11.6 Å². The third-order valence-corrected chi connectivity index (χ3v) is 3.99. The molecule has 0 spiro atoms. The number of aromatic nitrogens is 1. The summed E-state index contributed by atoms with van der Waals surface area (Å²) < 4.78 is 5.90. The van der Waals surface area contributed by atoms with E-state index in [-0.39, 0.29) is 0 Å². The quantitative estimate of drug-likeness (QED) is 0.757. The lowest BCUT2D eigenvalue weighted by atomic mass is 9.92. The van der Waals surface area contributed by atoms with Crippen molar-refractivity contribution in [3.05, 3.63) is 52.7 Å². The molecule has 0 N–H and O–H groups in total. The van der Waals surface area contributed by atoms with Crippen molar-refractivity contribution in [1.29, 1.82) is 0 Å². The molecule has 0 radical (unpaired) electrons. The number of halogens is 1. The summed E-state index contributed by atoms with van der Waals surface area (Å²) in [6.45, 7) is 1.95. The Labute approximate surface area is 124 Å². The van der Waals surface area contributed by atoms with E-state index in [0.717, 1.165) is 23.4 Å². The van der Waals surface area contributed by atoms with Crippen LogP contribution >= 0.6 is 11.6 Å². The Morgan fingerprint density at radius 1 is 1.10 bits per heavy atom. The Morgan fingerprint density at radius 2 is 1.90 bits per heavy atom. The van der Waals surface area contributed by atoms with Crippen LogP contribution in [0, 0.1) is 6.92 Å². The van der Waals surface area contributed by atoms with Crippen molar-refractivity contribution in [3.8, 4) is 11.6 Å². The highest BCUT2D eigenvalue weighted by molar-refractivity contribution is 6.17. The number of benzene rings is 1. The zero-order valence-electron chi connectivity index (χ0n) is 11.7. The Balaban J connectivity index is 1.85. The van der Waals surface area contributed by atoms with Crippen LogP contribution in [0.1, 0.15) is 35.2 Å². The van der Waals surface area contributed by atoms with E-state index in [1.165, 1.54) is 30.4 Å². The highest BCUT2D eigenvalue weighted by Gasteiger charge is 2.10. The topological polar surface area (TPSA) is 22.1 Å². The normalized spacial score (nSPS) is 13.9. The molecule has 1 heterocycles. The summed E-state index contributed by atoms with van der Waals surface area (Å²) in [4.78, 5) is 4.41. The maximum absolute atomic E-state index is 5.90. The molecule has 0 unspecified atom stereocenters. The number of fused-ring (bicyclic) bond motifs is 1. The summed E-state index contributed by atoms with van der Waals surface area (Å²) in [6.07, 6.45) is 4.91. The van der Waals surface area contributed by atoms with E-state index in [1.807, 2.05) is 25.1 Å². The van der Waals surface area contributed by atoms with Crippen LogP contribution in [0.15, 0.2) is 30.3 Å². The molecule has 0 amide bonds. The SMILES string of the molecule is Cc1cc(CCl)cc(Oc2ccc3c(c2)CCCC3)n1. The van der Waals surface area contributed by atoms with E-state index in [1.54, 1.807) is 0 Å². The van der Waals surface area contributed by atoms with Crippen molar-refractivity contribution in [2.75, 3.05) is 0 Å². The first kappa shape index (κ1) is 13.4. The van der Waals surface area contributed by atoms with E-state index in [2.05, 4.69) is 17.1 Å². The maximum atomic E-state index is 5.90. The largest absolute Gasteiger partial charge is 0.439 e. The van der Waals surface area contributed by atoms with Gasteiger partial charge in [0, 0.05) is 17.6 Å². The van der Waals surface area contributed by atoms with Gasteiger partial charge in [0.1, 0.15) is 5.75 Å². The highest BCUT2D eigenvalue weighted by atomic mass is 35.5. The van der Waals surface area contributed by atoms with Crippen LogP contribution in [-0.4, -0.2) is 4.98 Å². The summed E-state index contributed by atoms with van der Waals surface area (Å²) in [5.41, 5.74) is 4.84. The van der Waals surface area contributed by atoms with Crippen molar-refractivity contribution in [3.63, 3.8) is 0 Å². The first-order chi connectivity index (χ1) is 9.74. The summed E-state index contributed by atoms with van der Waals surface area (Å²) in [6, 6.07) is 10.3. The molecule has 1 aliphatic carbocycles. The molecule has 2 aromatic rings. The van der Waals surface area contributed by atoms with E-state index < -0.39 is 0 Å². The summed E-state index contributed by atoms with van der Waals surface area (Å²) >= 11 is 5.89. The predicted molar refractivity (Wildman–Crippen MR) is 81.7 cm³/mol. The summed E-state index contributed by atoms with van der Waals surface area (Å²) in [7, 11) is 0. The summed E-state index contributed by atoms with van der Waals surface area (Å²) in [5.74, 6) is 1.96. The average Bonchev–Trinajstić information content (AvgIpc) is 2.46. The lowest BCUT2D eigenvalue weighted by molar-refractivity contribution is 0.459. The molecule has 0 fully saturated rings. The van der Waals surface area contributed by atoms with Crippen molar-refractivity contribution >= 4 is 11.6 Å². The molecule has 0 aliphatic heterocycles. The molecule has 1 aliphatic rings. The van der Waals surface area contributed by atoms with Crippen molar-refractivity contribution in [1.82, 2.24) is 4.98 Å². The van der Waals surface area contributed by atoms with Gasteiger partial charge in [-0.25, -0.2) is 4.98 Å². The minimum absolute atomic E-state index is 0.476. The fourth-order valence-electron chi connectivity index (χ4n) is 2.73. The number of rotatable bonds is 3. The number of alkyl halides is 1. The Bertz CT molecular complexity index is 624. The lowest BCUT2D eigenvalue weighted by Crippen LogP contribution is -2.02. The van der Waals surface area contributed by atoms with E-state index in [4.69, 9.17) is 16.3 Å².